The van der Waals surface area contributed by atoms with Crippen LogP contribution in [0.25, 0.3) is 0 Å². The van der Waals surface area contributed by atoms with Gasteiger partial charge >= 0.3 is 5.97 Å². The van der Waals surface area contributed by atoms with E-state index in [1.807, 2.05) is 37.2 Å². The van der Waals surface area contributed by atoms with Crippen molar-refractivity contribution in [1.82, 2.24) is 4.73 Å². The van der Waals surface area contributed by atoms with Crippen LogP contribution in [0.4, 0.5) is 11.4 Å². The highest BCUT2D eigenvalue weighted by Gasteiger charge is 2.49. The minimum atomic E-state index is -4.72. The zero-order chi connectivity index (χ0) is 52.3. The highest BCUT2D eigenvalue weighted by molar-refractivity contribution is 7.86. The molecule has 0 aliphatic carbocycles. The maximum absolute atomic E-state index is 12.6. The van der Waals surface area contributed by atoms with Crippen molar-refractivity contribution in [3.63, 3.8) is 0 Å². The van der Waals surface area contributed by atoms with Gasteiger partial charge in [0.2, 0.25) is 17.4 Å². The Morgan fingerprint density at radius 2 is 1.31 bits per heavy atom. The highest BCUT2D eigenvalue weighted by Crippen LogP contribution is 2.52. The van der Waals surface area contributed by atoms with Crippen LogP contribution in [-0.4, -0.2) is 120 Å². The zero-order valence-corrected chi connectivity index (χ0v) is 43.2. The Hall–Kier alpha value is -4.66. The number of rotatable bonds is 24. The third-order valence-electron chi connectivity index (χ3n) is 12.6. The predicted molar refractivity (Wildman–Crippen MR) is 260 cm³/mol. The average Bonchev–Trinajstić information content (AvgIpc) is 3.74. The van der Waals surface area contributed by atoms with Gasteiger partial charge in [-0.25, -0.2) is 4.79 Å². The summed E-state index contributed by atoms with van der Waals surface area (Å²) in [5.74, 6) is -2.93. The Balaban J connectivity index is 1.62. The number of nitrogens with zero attached hydrogens (tertiary/aromatic N) is 3. The molecule has 0 bridgehead atoms. The summed E-state index contributed by atoms with van der Waals surface area (Å²) in [5.41, 5.74) is 0.475. The lowest BCUT2D eigenvalue weighted by molar-refractivity contribution is -0.446. The number of hydrogen-bond acceptors (Lipinski definition) is 14. The summed E-state index contributed by atoms with van der Waals surface area (Å²) < 4.78 is 146. The lowest BCUT2D eigenvalue weighted by Gasteiger charge is -2.30. The summed E-state index contributed by atoms with van der Waals surface area (Å²) in [4.78, 5) is 18.7. The second-order valence-corrected chi connectivity index (χ2v) is 25.3. The number of carbonyl (C=O) groups excluding carboxylic acids is 1. The Kier molecular flexibility index (Phi) is 17.4. The summed E-state index contributed by atoms with van der Waals surface area (Å²) in [6.45, 7) is 12.5. The van der Waals surface area contributed by atoms with Gasteiger partial charge in [-0.2, -0.15) is 38.2 Å². The largest absolute Gasteiger partial charge is 0.492 e. The third-order valence-corrected chi connectivity index (χ3v) is 15.9. The number of benzene rings is 2. The molecule has 0 spiro atoms. The van der Waals surface area contributed by atoms with E-state index in [0.29, 0.717) is 77.5 Å². The Morgan fingerprint density at radius 1 is 0.757 bits per heavy atom. The smallest absolute Gasteiger partial charge is 0.333 e. The maximum atomic E-state index is 12.6. The summed E-state index contributed by atoms with van der Waals surface area (Å²) in [7, 11) is -18.3. The number of aromatic hydroxyl groups is 2. The lowest BCUT2D eigenvalue weighted by atomic mass is 9.75. The van der Waals surface area contributed by atoms with Gasteiger partial charge in [0.1, 0.15) is 0 Å². The first-order valence-corrected chi connectivity index (χ1v) is 28.7. The first-order valence-electron chi connectivity index (χ1n) is 22.6. The molecule has 3 unspecified atom stereocenters. The number of anilines is 1. The lowest BCUT2D eigenvalue weighted by Crippen LogP contribution is -2.33. The molecule has 24 heteroatoms. The SMILES string of the molecule is CC(CCOC(C)(C)C)C[N+]1=C(/C=C/C=C2/N(CCCCCC(=O)On3c(O)ccc3O)c3ccc(S(=O)(=O)O)cc3C2(C)CCCS(=O)(=O)O)C(C)(CCCS(=O)(=O)O)c2cc(S(=O)(=O)O)ccc21. The van der Waals surface area contributed by atoms with Crippen molar-refractivity contribution >= 4 is 63.5 Å². The van der Waals surface area contributed by atoms with Crippen LogP contribution in [0.5, 0.6) is 11.8 Å². The number of fused-ring (bicyclic) bond motifs is 2. The molecule has 3 heterocycles. The molecule has 0 fully saturated rings. The van der Waals surface area contributed by atoms with Gasteiger partial charge in [0.15, 0.2) is 12.3 Å². The van der Waals surface area contributed by atoms with Crippen molar-refractivity contribution in [3.8, 4) is 11.8 Å². The van der Waals surface area contributed by atoms with Crippen LogP contribution in [0.15, 0.2) is 82.2 Å². The molecule has 6 N–H and O–H groups in total. The van der Waals surface area contributed by atoms with E-state index in [1.54, 1.807) is 38.1 Å². The van der Waals surface area contributed by atoms with E-state index in [2.05, 4.69) is 0 Å². The Labute approximate surface area is 410 Å². The molecular formula is C46H64N3O17S4+. The van der Waals surface area contributed by atoms with Crippen molar-refractivity contribution in [2.75, 3.05) is 36.1 Å². The average molecular weight is 1060 g/mol. The van der Waals surface area contributed by atoms with E-state index in [-0.39, 0.29) is 49.5 Å². The van der Waals surface area contributed by atoms with Gasteiger partial charge in [0.25, 0.3) is 40.5 Å². The van der Waals surface area contributed by atoms with Crippen molar-refractivity contribution in [1.29, 1.82) is 0 Å². The number of allylic oxidation sites excluding steroid dienone is 4. The van der Waals surface area contributed by atoms with E-state index in [1.165, 1.54) is 30.3 Å². The Morgan fingerprint density at radius 3 is 1.87 bits per heavy atom. The van der Waals surface area contributed by atoms with Crippen molar-refractivity contribution in [2.45, 2.75) is 126 Å². The van der Waals surface area contributed by atoms with Crippen LogP contribution in [0, 0.1) is 5.92 Å². The van der Waals surface area contributed by atoms with Crippen LogP contribution in [-0.2, 0) is 60.8 Å². The number of hydrogen-bond donors (Lipinski definition) is 6. The van der Waals surface area contributed by atoms with Gasteiger partial charge in [-0.15, -0.1) is 4.73 Å². The molecule has 0 amide bonds. The molecule has 2 aromatic carbocycles. The van der Waals surface area contributed by atoms with Gasteiger partial charge in [-0.3, -0.25) is 18.2 Å². The summed E-state index contributed by atoms with van der Waals surface area (Å²) in [5, 5.41) is 19.7. The molecule has 20 nitrogen and oxygen atoms in total. The predicted octanol–water partition coefficient (Wildman–Crippen LogP) is 6.36. The first-order chi connectivity index (χ1) is 32.2. The third kappa shape index (κ3) is 14.3. The van der Waals surface area contributed by atoms with Gasteiger partial charge in [-0.05, 0) is 122 Å². The summed E-state index contributed by atoms with van der Waals surface area (Å²) >= 11 is 0. The topological polar surface area (TPSA) is 305 Å². The number of carbonyl (C=O) groups is 1. The standard InChI is InChI=1S/C46H63N3O17S4/c1-32(22-26-65-44(2,3)4)31-48-38-19-17-34(70(62,63)64)30-36(38)46(6,24-12-28-68(56,57)58)40(48)14-10-13-39-45(5,23-11-27-67(53,54)55)35-29-33(69(59,60)61)16-18-37(35)47(39)25-9-7-8-15-43(52)66-49-41(50)20-21-42(49)51/h10,13-14,16-21,29-30,32H,7-9,11-12,15,22-28,31H2,1-6H3,(H5-,50,51,53,54,55,56,57,58,59,60,61,62,63,64)/p+1. The molecule has 0 saturated heterocycles. The van der Waals surface area contributed by atoms with Gasteiger partial charge < -0.3 is 24.7 Å². The van der Waals surface area contributed by atoms with Crippen LogP contribution in [0.3, 0.4) is 0 Å². The van der Waals surface area contributed by atoms with Crippen molar-refractivity contribution in [2.24, 2.45) is 5.92 Å². The van der Waals surface area contributed by atoms with Crippen molar-refractivity contribution in [3.05, 3.63) is 83.6 Å². The van der Waals surface area contributed by atoms with E-state index in [0.717, 1.165) is 12.1 Å². The molecule has 5 rings (SSSR count). The zero-order valence-electron chi connectivity index (χ0n) is 40.0. The van der Waals surface area contributed by atoms with E-state index in [4.69, 9.17) is 9.57 Å². The minimum Gasteiger partial charge on any atom is -0.492 e. The fourth-order valence-corrected chi connectivity index (χ4v) is 11.2. The number of aromatic nitrogens is 1. The van der Waals surface area contributed by atoms with Gasteiger partial charge in [-0.1, -0.05) is 19.4 Å². The molecular weight excluding hydrogens is 995 g/mol. The van der Waals surface area contributed by atoms with Gasteiger partial charge in [0.05, 0.1) is 32.3 Å². The molecule has 2 aliphatic rings. The molecule has 3 aromatic rings. The molecule has 388 valence electrons. The van der Waals surface area contributed by atoms with Crippen LogP contribution in [0.1, 0.15) is 110 Å². The molecule has 1 aromatic heterocycles. The first kappa shape index (κ1) is 56.3. The van der Waals surface area contributed by atoms with E-state index in [9.17, 15) is 66.9 Å². The second-order valence-electron chi connectivity index (χ2n) is 19.3. The van der Waals surface area contributed by atoms with Crippen LogP contribution < -0.4 is 9.74 Å². The summed E-state index contributed by atoms with van der Waals surface area (Å²) in [6, 6.07) is 10.5. The minimum absolute atomic E-state index is 0.0312. The number of unbranched alkanes of at least 4 members (excludes halogenated alkanes) is 2. The maximum Gasteiger partial charge on any atom is 0.333 e. The summed E-state index contributed by atoms with van der Waals surface area (Å²) in [6.07, 6.45) is 7.02. The highest BCUT2D eigenvalue weighted by atomic mass is 32.2. The Bertz CT molecular complexity index is 2970. The fraction of sp³-hybridized carbons (Fsp3) is 0.522. The quantitative estimate of drug-likeness (QED) is 0.0323. The number of ether oxygens (including phenoxy) is 1. The molecule has 70 heavy (non-hydrogen) atoms. The van der Waals surface area contributed by atoms with Gasteiger partial charge in [0, 0.05) is 72.1 Å². The molecule has 0 saturated carbocycles. The monoisotopic (exact) mass is 1060 g/mol. The molecule has 0 radical (unpaired) electrons. The fourth-order valence-electron chi connectivity index (χ4n) is 9.12. The molecule has 3 atom stereocenters. The second kappa shape index (κ2) is 21.6. The normalized spacial score (nSPS) is 19.9. The van der Waals surface area contributed by atoms with Crippen LogP contribution >= 0.6 is 0 Å². The van der Waals surface area contributed by atoms with Crippen molar-refractivity contribution < 1.29 is 81.0 Å². The van der Waals surface area contributed by atoms with Crippen LogP contribution in [0.2, 0.25) is 0 Å². The van der Waals surface area contributed by atoms with E-state index >= 15 is 0 Å². The van der Waals surface area contributed by atoms with E-state index < -0.39 is 91.0 Å². The molecule has 2 aliphatic heterocycles.